The van der Waals surface area contributed by atoms with Crippen LogP contribution in [-0.2, 0) is 26.0 Å². The number of morpholine rings is 1. The number of aromatic nitrogens is 4. The molecule has 0 unspecified atom stereocenters. The molecule has 2 fully saturated rings. The van der Waals surface area contributed by atoms with Gasteiger partial charge in [0.2, 0.25) is 10.0 Å². The van der Waals surface area contributed by atoms with Crippen molar-refractivity contribution in [1.29, 1.82) is 0 Å². The van der Waals surface area contributed by atoms with E-state index in [2.05, 4.69) is 26.1 Å². The van der Waals surface area contributed by atoms with Crippen LogP contribution in [0.3, 0.4) is 0 Å². The SMILES string of the molecule is COCCN(C)S(=O)(=O)C1CCN(Cc2cc3nc(-c4cccc5[nH]ncc45)nc(N4CCOCC4)c3s2)CC1. The third kappa shape index (κ3) is 5.46. The summed E-state index contributed by atoms with van der Waals surface area (Å²) >= 11 is 1.73. The van der Waals surface area contributed by atoms with Crippen molar-refractivity contribution in [2.45, 2.75) is 24.6 Å². The Balaban J connectivity index is 1.25. The van der Waals surface area contributed by atoms with Crippen LogP contribution < -0.4 is 4.90 Å². The molecule has 4 aromatic rings. The van der Waals surface area contributed by atoms with Crippen LogP contribution in [-0.4, -0.2) is 110 Å². The maximum Gasteiger partial charge on any atom is 0.216 e. The highest BCUT2D eigenvalue weighted by molar-refractivity contribution is 7.89. The Labute approximate surface area is 238 Å². The number of hydrogen-bond acceptors (Lipinski definition) is 10. The molecule has 1 aromatic carbocycles. The summed E-state index contributed by atoms with van der Waals surface area (Å²) in [6, 6.07) is 8.21. The summed E-state index contributed by atoms with van der Waals surface area (Å²) in [5.74, 6) is 1.64. The molecule has 2 saturated heterocycles. The van der Waals surface area contributed by atoms with Crippen molar-refractivity contribution >= 4 is 48.3 Å². The molecule has 1 N–H and O–H groups in total. The standard InChI is InChI=1S/C27H35N7O4S2/c1-32(10-13-37-2)40(35,36)20-6-8-33(9-7-20)18-19-16-24-25(39-19)27(34-11-14-38-15-12-34)30-26(29-24)21-4-3-5-23-22(21)17-28-31-23/h3-5,16-17,20H,6-15,18H2,1-2H3,(H,28,31). The van der Waals surface area contributed by atoms with Gasteiger partial charge in [0.15, 0.2) is 11.6 Å². The number of benzene rings is 1. The second kappa shape index (κ2) is 11.7. The molecule has 0 radical (unpaired) electrons. The number of hydrogen-bond donors (Lipinski definition) is 1. The molecule has 5 heterocycles. The van der Waals surface area contributed by atoms with Crippen LogP contribution in [0.5, 0.6) is 0 Å². The number of likely N-dealkylation sites (tertiary alicyclic amines) is 1. The van der Waals surface area contributed by atoms with E-state index < -0.39 is 10.0 Å². The second-order valence-corrected chi connectivity index (χ2v) is 13.8. The first-order valence-electron chi connectivity index (χ1n) is 13.7. The van der Waals surface area contributed by atoms with E-state index in [1.165, 1.54) is 9.18 Å². The van der Waals surface area contributed by atoms with Crippen molar-refractivity contribution in [3.8, 4) is 11.4 Å². The molecule has 13 heteroatoms. The van der Waals surface area contributed by atoms with Gasteiger partial charge in [-0.2, -0.15) is 5.10 Å². The Morgan fingerprint density at radius 1 is 1.18 bits per heavy atom. The van der Waals surface area contributed by atoms with Crippen LogP contribution in [0.1, 0.15) is 17.7 Å². The van der Waals surface area contributed by atoms with Crippen molar-refractivity contribution in [2.75, 3.05) is 71.6 Å². The molecule has 2 aliphatic heterocycles. The molecule has 0 atom stereocenters. The third-order valence-electron chi connectivity index (χ3n) is 7.82. The van der Waals surface area contributed by atoms with E-state index in [9.17, 15) is 8.42 Å². The highest BCUT2D eigenvalue weighted by Crippen LogP contribution is 2.36. The zero-order valence-electron chi connectivity index (χ0n) is 22.9. The minimum absolute atomic E-state index is 0.347. The second-order valence-electron chi connectivity index (χ2n) is 10.4. The number of likely N-dealkylation sites (N-methyl/N-ethyl adjacent to an activating group) is 1. The lowest BCUT2D eigenvalue weighted by molar-refractivity contribution is 0.122. The number of sulfonamides is 1. The molecule has 6 rings (SSSR count). The van der Waals surface area contributed by atoms with Crippen molar-refractivity contribution in [2.24, 2.45) is 0 Å². The summed E-state index contributed by atoms with van der Waals surface area (Å²) in [6.07, 6.45) is 3.08. The molecule has 214 valence electrons. The van der Waals surface area contributed by atoms with Crippen molar-refractivity contribution in [1.82, 2.24) is 29.4 Å². The van der Waals surface area contributed by atoms with Gasteiger partial charge in [-0.05, 0) is 38.1 Å². The third-order valence-corrected chi connectivity index (χ3v) is 11.3. The van der Waals surface area contributed by atoms with E-state index in [1.54, 1.807) is 25.5 Å². The highest BCUT2D eigenvalue weighted by Gasteiger charge is 2.33. The van der Waals surface area contributed by atoms with Gasteiger partial charge >= 0.3 is 0 Å². The Bertz CT molecular complexity index is 1570. The molecule has 0 bridgehead atoms. The van der Waals surface area contributed by atoms with E-state index in [1.807, 2.05) is 24.4 Å². The first kappa shape index (κ1) is 27.5. The molecule has 2 aliphatic rings. The van der Waals surface area contributed by atoms with E-state index in [4.69, 9.17) is 19.4 Å². The summed E-state index contributed by atoms with van der Waals surface area (Å²) in [4.78, 5) is 16.0. The van der Waals surface area contributed by atoms with Gasteiger partial charge in [-0.15, -0.1) is 11.3 Å². The minimum Gasteiger partial charge on any atom is -0.383 e. The Hall–Kier alpha value is -2.68. The number of thiophene rings is 1. The number of methoxy groups -OCH3 is 1. The van der Waals surface area contributed by atoms with Gasteiger partial charge in [-0.25, -0.2) is 22.7 Å². The Kier molecular flexibility index (Phi) is 8.02. The molecule has 3 aromatic heterocycles. The number of H-pyrrole nitrogens is 1. The highest BCUT2D eigenvalue weighted by atomic mass is 32.2. The maximum absolute atomic E-state index is 13.0. The van der Waals surface area contributed by atoms with Gasteiger partial charge in [0.05, 0.1) is 47.0 Å². The molecular formula is C27H35N7O4S2. The van der Waals surface area contributed by atoms with Gasteiger partial charge in [0, 0.05) is 56.2 Å². The Morgan fingerprint density at radius 2 is 1.98 bits per heavy atom. The molecule has 0 amide bonds. The van der Waals surface area contributed by atoms with Gasteiger partial charge < -0.3 is 14.4 Å². The number of nitrogens with one attached hydrogen (secondary N) is 1. The fourth-order valence-corrected chi connectivity index (χ4v) is 8.30. The van der Waals surface area contributed by atoms with Gasteiger partial charge in [0.1, 0.15) is 0 Å². The number of piperidine rings is 1. The molecule has 0 saturated carbocycles. The van der Waals surface area contributed by atoms with Crippen LogP contribution >= 0.6 is 11.3 Å². The summed E-state index contributed by atoms with van der Waals surface area (Å²) < 4.78 is 39.2. The average molecular weight is 586 g/mol. The van der Waals surface area contributed by atoms with Gasteiger partial charge in [-0.3, -0.25) is 10.00 Å². The number of anilines is 1. The lowest BCUT2D eigenvalue weighted by Gasteiger charge is -2.33. The minimum atomic E-state index is -3.32. The van der Waals surface area contributed by atoms with Crippen LogP contribution in [0.4, 0.5) is 5.82 Å². The van der Waals surface area contributed by atoms with Crippen LogP contribution in [0, 0.1) is 0 Å². The largest absolute Gasteiger partial charge is 0.383 e. The van der Waals surface area contributed by atoms with Gasteiger partial charge in [-0.1, -0.05) is 12.1 Å². The number of rotatable bonds is 9. The summed E-state index contributed by atoms with van der Waals surface area (Å²) in [6.45, 7) is 5.95. The molecule has 11 nitrogen and oxygen atoms in total. The van der Waals surface area contributed by atoms with Crippen LogP contribution in [0.25, 0.3) is 32.5 Å². The zero-order valence-corrected chi connectivity index (χ0v) is 24.5. The quantitative estimate of drug-likeness (QED) is 0.316. The van der Waals surface area contributed by atoms with Crippen molar-refractivity contribution in [3.05, 3.63) is 35.3 Å². The molecular weight excluding hydrogens is 550 g/mol. The van der Waals surface area contributed by atoms with Gasteiger partial charge in [0.25, 0.3) is 0 Å². The lowest BCUT2D eigenvalue weighted by Crippen LogP contribution is -2.44. The number of nitrogens with zero attached hydrogens (tertiary/aromatic N) is 6. The fraction of sp³-hybridized carbons (Fsp3) is 0.519. The maximum atomic E-state index is 13.0. The topological polar surface area (TPSA) is 117 Å². The van der Waals surface area contributed by atoms with E-state index >= 15 is 0 Å². The lowest BCUT2D eigenvalue weighted by atomic mass is 10.1. The molecule has 0 aliphatic carbocycles. The van der Waals surface area contributed by atoms with E-state index in [-0.39, 0.29) is 5.25 Å². The fourth-order valence-electron chi connectivity index (χ4n) is 5.50. The monoisotopic (exact) mass is 585 g/mol. The zero-order chi connectivity index (χ0) is 27.7. The number of ether oxygens (including phenoxy) is 2. The predicted octanol–water partition coefficient (Wildman–Crippen LogP) is 2.94. The van der Waals surface area contributed by atoms with E-state index in [0.29, 0.717) is 45.0 Å². The predicted molar refractivity (Wildman–Crippen MR) is 157 cm³/mol. The first-order valence-corrected chi connectivity index (χ1v) is 16.0. The Morgan fingerprint density at radius 3 is 2.75 bits per heavy atom. The van der Waals surface area contributed by atoms with E-state index in [0.717, 1.165) is 65.2 Å². The summed E-state index contributed by atoms with van der Waals surface area (Å²) in [7, 11) is -0.0916. The molecule has 0 spiro atoms. The summed E-state index contributed by atoms with van der Waals surface area (Å²) in [5.41, 5.74) is 2.84. The number of fused-ring (bicyclic) bond motifs is 2. The normalized spacial score (nSPS) is 17.9. The first-order chi connectivity index (χ1) is 19.4. The van der Waals surface area contributed by atoms with Crippen LogP contribution in [0.15, 0.2) is 30.5 Å². The summed E-state index contributed by atoms with van der Waals surface area (Å²) in [5, 5.41) is 7.91. The molecule has 40 heavy (non-hydrogen) atoms. The average Bonchev–Trinajstić information content (AvgIpc) is 3.62. The van der Waals surface area contributed by atoms with Crippen molar-refractivity contribution in [3.63, 3.8) is 0 Å². The number of aromatic amines is 1. The smallest absolute Gasteiger partial charge is 0.216 e. The van der Waals surface area contributed by atoms with Crippen LogP contribution in [0.2, 0.25) is 0 Å². The van der Waals surface area contributed by atoms with Crippen molar-refractivity contribution < 1.29 is 17.9 Å².